The Balaban J connectivity index is 4.63. The normalized spacial score (nSPS) is 10.1. The summed E-state index contributed by atoms with van der Waals surface area (Å²) in [6.07, 6.45) is 2.68. The third kappa shape index (κ3) is 7.12. The molecule has 7 heteroatoms. The first-order valence-electron chi connectivity index (χ1n) is 5.47. The van der Waals surface area contributed by atoms with Gasteiger partial charge in [-0.1, -0.05) is 19.7 Å². The lowest BCUT2D eigenvalue weighted by Crippen LogP contribution is -2.45. The average molecular weight is 284 g/mol. The Kier molecular flexibility index (Phi) is 7.61. The van der Waals surface area contributed by atoms with Gasteiger partial charge in [-0.25, -0.2) is 14.4 Å². The van der Waals surface area contributed by atoms with Crippen LogP contribution < -0.4 is 0 Å². The molecule has 20 heavy (non-hydrogen) atoms. The average Bonchev–Trinajstić information content (AvgIpc) is 2.47. The quantitative estimate of drug-likeness (QED) is 0.358. The van der Waals surface area contributed by atoms with Gasteiger partial charge in [-0.2, -0.15) is 0 Å². The highest BCUT2D eigenvalue weighted by molar-refractivity contribution is 5.82. The Labute approximate surface area is 116 Å². The maximum Gasteiger partial charge on any atom is 0.330 e. The second kappa shape index (κ2) is 8.65. The van der Waals surface area contributed by atoms with Crippen LogP contribution in [0.1, 0.15) is 0 Å². The van der Waals surface area contributed by atoms with E-state index in [1.54, 1.807) is 0 Å². The molecule has 0 amide bonds. The largest absolute Gasteiger partial charge is 0.459 e. The predicted octanol–water partition coefficient (Wildman–Crippen LogP) is -0.0949. The van der Waals surface area contributed by atoms with Gasteiger partial charge in [0, 0.05) is 18.2 Å². The fourth-order valence-corrected chi connectivity index (χ4v) is 0.918. The van der Waals surface area contributed by atoms with E-state index in [4.69, 9.17) is 0 Å². The van der Waals surface area contributed by atoms with E-state index in [1.165, 1.54) is 0 Å². The van der Waals surface area contributed by atoms with Crippen molar-refractivity contribution in [2.24, 2.45) is 0 Å². The Morgan fingerprint density at radius 3 is 1.25 bits per heavy atom. The van der Waals surface area contributed by atoms with E-state index in [0.29, 0.717) is 0 Å². The topological polar surface area (TPSA) is 99.1 Å². The van der Waals surface area contributed by atoms with E-state index in [9.17, 15) is 19.5 Å². The zero-order chi connectivity index (χ0) is 15.6. The molecule has 0 bridgehead atoms. The van der Waals surface area contributed by atoms with Crippen molar-refractivity contribution in [3.63, 3.8) is 0 Å². The van der Waals surface area contributed by atoms with Crippen LogP contribution in [-0.4, -0.2) is 48.4 Å². The van der Waals surface area contributed by atoms with Crippen LogP contribution in [0.15, 0.2) is 38.0 Å². The van der Waals surface area contributed by atoms with Gasteiger partial charge in [0.05, 0.1) is 0 Å². The Bertz CT molecular complexity index is 351. The molecule has 110 valence electrons. The monoisotopic (exact) mass is 284 g/mol. The lowest BCUT2D eigenvalue weighted by Gasteiger charge is -2.26. The highest BCUT2D eigenvalue weighted by Gasteiger charge is 2.32. The van der Waals surface area contributed by atoms with Crippen molar-refractivity contribution in [3.8, 4) is 0 Å². The summed E-state index contributed by atoms with van der Waals surface area (Å²) < 4.78 is 13.9. The highest BCUT2D eigenvalue weighted by atomic mass is 16.6. The molecule has 0 saturated heterocycles. The van der Waals surface area contributed by atoms with Gasteiger partial charge in [0.25, 0.3) is 0 Å². The minimum absolute atomic E-state index is 0.549. The van der Waals surface area contributed by atoms with Crippen molar-refractivity contribution in [1.29, 1.82) is 0 Å². The van der Waals surface area contributed by atoms with Crippen molar-refractivity contribution in [2.75, 3.05) is 19.8 Å². The van der Waals surface area contributed by atoms with E-state index in [0.717, 1.165) is 18.2 Å². The molecular weight excluding hydrogens is 268 g/mol. The first-order chi connectivity index (χ1) is 9.36. The first-order valence-corrected chi connectivity index (χ1v) is 5.47. The van der Waals surface area contributed by atoms with E-state index in [-0.39, 0.29) is 0 Å². The van der Waals surface area contributed by atoms with E-state index >= 15 is 0 Å². The Morgan fingerprint density at radius 2 is 1.05 bits per heavy atom. The first kappa shape index (κ1) is 17.6. The van der Waals surface area contributed by atoms with E-state index < -0.39 is 43.3 Å². The molecule has 0 spiro atoms. The molecule has 0 aliphatic carbocycles. The van der Waals surface area contributed by atoms with Crippen LogP contribution in [0, 0.1) is 0 Å². The van der Waals surface area contributed by atoms with Crippen LogP contribution in [0.4, 0.5) is 0 Å². The summed E-state index contributed by atoms with van der Waals surface area (Å²) in [5.74, 6) is -2.35. The van der Waals surface area contributed by atoms with Crippen molar-refractivity contribution in [2.45, 2.75) is 5.60 Å². The summed E-state index contributed by atoms with van der Waals surface area (Å²) in [6, 6.07) is 0. The van der Waals surface area contributed by atoms with Crippen molar-refractivity contribution in [1.82, 2.24) is 0 Å². The van der Waals surface area contributed by atoms with Crippen LogP contribution in [0.2, 0.25) is 0 Å². The third-order valence-electron chi connectivity index (χ3n) is 1.95. The summed E-state index contributed by atoms with van der Waals surface area (Å²) in [6.45, 7) is 7.90. The molecule has 0 unspecified atom stereocenters. The number of aliphatic hydroxyl groups is 1. The SMILES string of the molecule is C=CC(=O)OCC(O)(COC(=O)C=C)COC(=O)C=C. The third-order valence-corrected chi connectivity index (χ3v) is 1.95. The number of hydrogen-bond donors (Lipinski definition) is 1. The Morgan fingerprint density at radius 1 is 0.800 bits per heavy atom. The van der Waals surface area contributed by atoms with Crippen LogP contribution in [-0.2, 0) is 28.6 Å². The van der Waals surface area contributed by atoms with Crippen LogP contribution in [0.5, 0.6) is 0 Å². The molecule has 0 saturated carbocycles. The summed E-state index contributed by atoms with van der Waals surface area (Å²) in [5.41, 5.74) is -1.88. The summed E-state index contributed by atoms with van der Waals surface area (Å²) in [7, 11) is 0. The number of carbonyl (C=O) groups is 3. The molecule has 0 fully saturated rings. The van der Waals surface area contributed by atoms with Gasteiger partial charge in [0.1, 0.15) is 19.8 Å². The molecule has 7 nitrogen and oxygen atoms in total. The fourth-order valence-electron chi connectivity index (χ4n) is 0.918. The maximum atomic E-state index is 10.9. The van der Waals surface area contributed by atoms with Crippen LogP contribution in [0.3, 0.4) is 0 Å². The zero-order valence-corrected chi connectivity index (χ0v) is 10.9. The Hall–Kier alpha value is -2.41. The number of hydrogen-bond acceptors (Lipinski definition) is 7. The van der Waals surface area contributed by atoms with E-state index in [2.05, 4.69) is 33.9 Å². The molecule has 0 rings (SSSR count). The van der Waals surface area contributed by atoms with Crippen molar-refractivity contribution >= 4 is 17.9 Å². The lowest BCUT2D eigenvalue weighted by molar-refractivity contribution is -0.169. The molecule has 0 aromatic carbocycles. The maximum absolute atomic E-state index is 10.9. The van der Waals surface area contributed by atoms with Crippen molar-refractivity contribution in [3.05, 3.63) is 38.0 Å². The zero-order valence-electron chi connectivity index (χ0n) is 10.9. The van der Waals surface area contributed by atoms with Crippen LogP contribution >= 0.6 is 0 Å². The van der Waals surface area contributed by atoms with E-state index in [1.807, 2.05) is 0 Å². The molecular formula is C13H16O7. The van der Waals surface area contributed by atoms with Crippen molar-refractivity contribution < 1.29 is 33.7 Å². The minimum atomic E-state index is -1.88. The van der Waals surface area contributed by atoms with Gasteiger partial charge in [0.2, 0.25) is 0 Å². The molecule has 0 aliphatic heterocycles. The van der Waals surface area contributed by atoms with Crippen LogP contribution in [0.25, 0.3) is 0 Å². The minimum Gasteiger partial charge on any atom is -0.459 e. The van der Waals surface area contributed by atoms with Gasteiger partial charge < -0.3 is 19.3 Å². The molecule has 0 heterocycles. The summed E-state index contributed by atoms with van der Waals surface area (Å²) >= 11 is 0. The smallest absolute Gasteiger partial charge is 0.330 e. The molecule has 1 N–H and O–H groups in total. The summed E-state index contributed by atoms with van der Waals surface area (Å²) in [5, 5.41) is 10.1. The lowest BCUT2D eigenvalue weighted by atomic mass is 10.1. The standard InChI is InChI=1S/C13H16O7/c1-4-10(14)18-7-13(17,8-19-11(15)5-2)9-20-12(16)6-3/h4-6,17H,1-3,7-9H2. The molecule has 0 aromatic heterocycles. The van der Waals surface area contributed by atoms with Gasteiger partial charge in [-0.15, -0.1) is 0 Å². The second-order valence-electron chi connectivity index (χ2n) is 3.66. The van der Waals surface area contributed by atoms with Gasteiger partial charge >= 0.3 is 17.9 Å². The predicted molar refractivity (Wildman–Crippen MR) is 68.4 cm³/mol. The number of esters is 3. The summed E-state index contributed by atoms with van der Waals surface area (Å²) in [4.78, 5) is 32.8. The van der Waals surface area contributed by atoms with Gasteiger partial charge in [0.15, 0.2) is 5.60 Å². The number of carbonyl (C=O) groups excluding carboxylic acids is 3. The second-order valence-corrected chi connectivity index (χ2v) is 3.66. The highest BCUT2D eigenvalue weighted by Crippen LogP contribution is 2.09. The number of rotatable bonds is 9. The molecule has 0 aliphatic rings. The fraction of sp³-hybridized carbons (Fsp3) is 0.308. The van der Waals surface area contributed by atoms with Gasteiger partial charge in [-0.05, 0) is 0 Å². The molecule has 0 atom stereocenters. The molecule has 0 aromatic rings. The number of ether oxygens (including phenoxy) is 3. The molecule has 0 radical (unpaired) electrons. The van der Waals surface area contributed by atoms with Gasteiger partial charge in [-0.3, -0.25) is 0 Å².